The van der Waals surface area contributed by atoms with E-state index in [1.807, 2.05) is 13.8 Å². The van der Waals surface area contributed by atoms with Crippen LogP contribution in [0.2, 0.25) is 0 Å². The standard InChI is InChI=1S/C13H28N2O2/c1-7-15(8-10(2)3)9-13(6,12(16)17)14-11(4)5/h10-11,14H,7-9H2,1-6H3,(H,16,17). The van der Waals surface area contributed by atoms with Crippen molar-refractivity contribution in [3.63, 3.8) is 0 Å². The summed E-state index contributed by atoms with van der Waals surface area (Å²) in [7, 11) is 0. The molecule has 0 bridgehead atoms. The van der Waals surface area contributed by atoms with Gasteiger partial charge in [0, 0.05) is 19.1 Å². The first-order valence-electron chi connectivity index (χ1n) is 6.44. The Kier molecular flexibility index (Phi) is 6.72. The number of nitrogens with one attached hydrogen (secondary N) is 1. The van der Waals surface area contributed by atoms with Gasteiger partial charge in [-0.1, -0.05) is 20.8 Å². The molecule has 17 heavy (non-hydrogen) atoms. The van der Waals surface area contributed by atoms with Crippen LogP contribution < -0.4 is 5.32 Å². The fourth-order valence-electron chi connectivity index (χ4n) is 2.08. The van der Waals surface area contributed by atoms with E-state index in [4.69, 9.17) is 0 Å². The number of nitrogens with zero attached hydrogens (tertiary/aromatic N) is 1. The minimum Gasteiger partial charge on any atom is -0.480 e. The van der Waals surface area contributed by atoms with Gasteiger partial charge in [-0.05, 0) is 33.2 Å². The maximum absolute atomic E-state index is 11.4. The molecule has 0 aromatic carbocycles. The Morgan fingerprint density at radius 3 is 2.18 bits per heavy atom. The number of carboxylic acids is 1. The largest absolute Gasteiger partial charge is 0.480 e. The smallest absolute Gasteiger partial charge is 0.324 e. The molecule has 0 fully saturated rings. The molecule has 0 aliphatic heterocycles. The number of hydrogen-bond acceptors (Lipinski definition) is 3. The van der Waals surface area contributed by atoms with E-state index in [1.165, 1.54) is 0 Å². The second-order valence-corrected chi connectivity index (χ2v) is 5.66. The molecule has 4 heteroatoms. The zero-order chi connectivity index (χ0) is 13.6. The highest BCUT2D eigenvalue weighted by molar-refractivity contribution is 5.78. The third kappa shape index (κ3) is 6.03. The Bertz CT molecular complexity index is 242. The quantitative estimate of drug-likeness (QED) is 0.683. The summed E-state index contributed by atoms with van der Waals surface area (Å²) in [5.41, 5.74) is -0.876. The highest BCUT2D eigenvalue weighted by Crippen LogP contribution is 2.10. The van der Waals surface area contributed by atoms with Crippen molar-refractivity contribution in [2.45, 2.75) is 53.1 Å². The molecule has 0 rings (SSSR count). The number of likely N-dealkylation sites (N-methyl/N-ethyl adjacent to an activating group) is 1. The molecule has 1 unspecified atom stereocenters. The van der Waals surface area contributed by atoms with Crippen LogP contribution in [-0.2, 0) is 4.79 Å². The normalized spacial score (nSPS) is 15.6. The van der Waals surface area contributed by atoms with E-state index in [1.54, 1.807) is 6.92 Å². The van der Waals surface area contributed by atoms with Crippen molar-refractivity contribution in [3.05, 3.63) is 0 Å². The van der Waals surface area contributed by atoms with Gasteiger partial charge in [0.2, 0.25) is 0 Å². The van der Waals surface area contributed by atoms with Gasteiger partial charge >= 0.3 is 5.97 Å². The number of carboxylic acid groups (broad SMARTS) is 1. The van der Waals surface area contributed by atoms with Gasteiger partial charge in [0.15, 0.2) is 0 Å². The predicted molar refractivity (Wildman–Crippen MR) is 71.3 cm³/mol. The Balaban J connectivity index is 4.66. The minimum atomic E-state index is -0.876. The van der Waals surface area contributed by atoms with Crippen LogP contribution in [0.15, 0.2) is 0 Å². The molecule has 4 nitrogen and oxygen atoms in total. The Morgan fingerprint density at radius 1 is 1.35 bits per heavy atom. The van der Waals surface area contributed by atoms with Crippen molar-refractivity contribution in [2.24, 2.45) is 5.92 Å². The van der Waals surface area contributed by atoms with E-state index in [2.05, 4.69) is 31.0 Å². The van der Waals surface area contributed by atoms with E-state index in [-0.39, 0.29) is 6.04 Å². The minimum absolute atomic E-state index is 0.161. The Labute approximate surface area is 105 Å². The lowest BCUT2D eigenvalue weighted by Crippen LogP contribution is -2.59. The van der Waals surface area contributed by atoms with Crippen LogP contribution in [0.4, 0.5) is 0 Å². The molecule has 0 radical (unpaired) electrons. The van der Waals surface area contributed by atoms with Crippen molar-refractivity contribution >= 4 is 5.97 Å². The van der Waals surface area contributed by atoms with Crippen LogP contribution in [-0.4, -0.2) is 47.2 Å². The van der Waals surface area contributed by atoms with Gasteiger partial charge < -0.3 is 10.0 Å². The molecule has 0 saturated heterocycles. The first-order chi connectivity index (χ1) is 7.71. The lowest BCUT2D eigenvalue weighted by atomic mass is 10.00. The van der Waals surface area contributed by atoms with Gasteiger partial charge in [0.1, 0.15) is 5.54 Å². The van der Waals surface area contributed by atoms with Gasteiger partial charge in [-0.15, -0.1) is 0 Å². The number of aliphatic carboxylic acids is 1. The second kappa shape index (κ2) is 6.97. The van der Waals surface area contributed by atoms with Gasteiger partial charge in [-0.2, -0.15) is 0 Å². The van der Waals surface area contributed by atoms with Crippen LogP contribution >= 0.6 is 0 Å². The highest BCUT2D eigenvalue weighted by atomic mass is 16.4. The maximum atomic E-state index is 11.4. The fraction of sp³-hybridized carbons (Fsp3) is 0.923. The van der Waals surface area contributed by atoms with Crippen LogP contribution in [0, 0.1) is 5.92 Å². The molecule has 0 aliphatic carbocycles. The average Bonchev–Trinajstić information content (AvgIpc) is 2.14. The van der Waals surface area contributed by atoms with Crippen molar-refractivity contribution in [1.29, 1.82) is 0 Å². The predicted octanol–water partition coefficient (Wildman–Crippen LogP) is 1.81. The second-order valence-electron chi connectivity index (χ2n) is 5.66. The van der Waals surface area contributed by atoms with Crippen LogP contribution in [0.25, 0.3) is 0 Å². The summed E-state index contributed by atoms with van der Waals surface area (Å²) in [5, 5.41) is 12.5. The Hall–Kier alpha value is -0.610. The summed E-state index contributed by atoms with van der Waals surface area (Å²) in [4.78, 5) is 13.6. The highest BCUT2D eigenvalue weighted by Gasteiger charge is 2.35. The average molecular weight is 244 g/mol. The van der Waals surface area contributed by atoms with Crippen LogP contribution in [0.3, 0.4) is 0 Å². The number of carbonyl (C=O) groups is 1. The zero-order valence-corrected chi connectivity index (χ0v) is 12.1. The van der Waals surface area contributed by atoms with Crippen LogP contribution in [0.1, 0.15) is 41.5 Å². The molecule has 1 atom stereocenters. The summed E-state index contributed by atoms with van der Waals surface area (Å²) in [6, 6.07) is 0.161. The molecule has 0 saturated carbocycles. The molecule has 0 heterocycles. The SMILES string of the molecule is CCN(CC(C)C)CC(C)(NC(C)C)C(=O)O. The summed E-state index contributed by atoms with van der Waals surface area (Å²) < 4.78 is 0. The van der Waals surface area contributed by atoms with Gasteiger partial charge in [0.25, 0.3) is 0 Å². The van der Waals surface area contributed by atoms with E-state index < -0.39 is 11.5 Å². The number of hydrogen-bond donors (Lipinski definition) is 2. The van der Waals surface area contributed by atoms with Crippen molar-refractivity contribution < 1.29 is 9.90 Å². The third-order valence-electron chi connectivity index (χ3n) is 2.69. The van der Waals surface area contributed by atoms with Crippen molar-refractivity contribution in [2.75, 3.05) is 19.6 Å². The summed E-state index contributed by atoms with van der Waals surface area (Å²) in [5.74, 6) is -0.236. The monoisotopic (exact) mass is 244 g/mol. The topological polar surface area (TPSA) is 52.6 Å². The molecule has 102 valence electrons. The molecule has 0 aliphatic rings. The number of rotatable bonds is 8. The van der Waals surface area contributed by atoms with Gasteiger partial charge in [-0.3, -0.25) is 10.1 Å². The molecule has 2 N–H and O–H groups in total. The fourth-order valence-corrected chi connectivity index (χ4v) is 2.08. The van der Waals surface area contributed by atoms with Gasteiger partial charge in [0.05, 0.1) is 0 Å². The summed E-state index contributed by atoms with van der Waals surface area (Å²) in [6.07, 6.45) is 0. The first kappa shape index (κ1) is 16.4. The van der Waals surface area contributed by atoms with E-state index >= 15 is 0 Å². The maximum Gasteiger partial charge on any atom is 0.324 e. The van der Waals surface area contributed by atoms with E-state index in [9.17, 15) is 9.90 Å². The lowest BCUT2D eigenvalue weighted by Gasteiger charge is -2.34. The summed E-state index contributed by atoms with van der Waals surface area (Å²) >= 11 is 0. The zero-order valence-electron chi connectivity index (χ0n) is 12.1. The molecule has 0 spiro atoms. The molecule has 0 amide bonds. The Morgan fingerprint density at radius 2 is 1.88 bits per heavy atom. The third-order valence-corrected chi connectivity index (χ3v) is 2.69. The van der Waals surface area contributed by atoms with Gasteiger partial charge in [-0.25, -0.2) is 0 Å². The summed E-state index contributed by atoms with van der Waals surface area (Å²) in [6.45, 7) is 14.4. The molecule has 0 aromatic heterocycles. The molecular formula is C13H28N2O2. The van der Waals surface area contributed by atoms with E-state index in [0.717, 1.165) is 13.1 Å². The molecule has 0 aromatic rings. The van der Waals surface area contributed by atoms with E-state index in [0.29, 0.717) is 12.5 Å². The lowest BCUT2D eigenvalue weighted by molar-refractivity contribution is -0.145. The van der Waals surface area contributed by atoms with Crippen molar-refractivity contribution in [1.82, 2.24) is 10.2 Å². The van der Waals surface area contributed by atoms with Crippen LogP contribution in [0.5, 0.6) is 0 Å². The molecular weight excluding hydrogens is 216 g/mol. The van der Waals surface area contributed by atoms with Crippen molar-refractivity contribution in [3.8, 4) is 0 Å². The first-order valence-corrected chi connectivity index (χ1v) is 6.44.